The Morgan fingerprint density at radius 2 is 0.576 bits per heavy atom. The van der Waals surface area contributed by atoms with Gasteiger partial charge in [-0.2, -0.15) is 0 Å². The molecule has 2 rings (SSSR count). The van der Waals surface area contributed by atoms with Crippen LogP contribution in [0.25, 0.3) is 0 Å². The van der Waals surface area contributed by atoms with Gasteiger partial charge in [-0.05, 0) is 74.2 Å². The molecule has 6 nitrogen and oxygen atoms in total. The van der Waals surface area contributed by atoms with E-state index in [1.807, 2.05) is 0 Å². The summed E-state index contributed by atoms with van der Waals surface area (Å²) in [4.78, 5) is 23.2. The third kappa shape index (κ3) is 39.5. The normalized spacial score (nSPS) is 11.4. The second-order valence-corrected chi connectivity index (χ2v) is 20.1. The van der Waals surface area contributed by atoms with Crippen LogP contribution in [0, 0.1) is 0 Å². The predicted molar refractivity (Wildman–Crippen MR) is 257 cm³/mol. The van der Waals surface area contributed by atoms with E-state index in [1.54, 1.807) is 24.3 Å². The SMILES string of the molecule is CCCCCCCCCCCCCCCC[N+](C)(C)C.CCCCCCCCCCCCCCCC[N+](C)(C)C.O=C(O)c1ccc(Sc2ccc(C(=O)O)cc2)cc1. The Kier molecular flexibility index (Phi) is 35.9. The number of aromatic carboxylic acids is 2. The Balaban J connectivity index is 0.000000855. The van der Waals surface area contributed by atoms with E-state index in [4.69, 9.17) is 10.2 Å². The van der Waals surface area contributed by atoms with Crippen LogP contribution >= 0.6 is 11.8 Å². The van der Waals surface area contributed by atoms with E-state index in [9.17, 15) is 9.59 Å². The van der Waals surface area contributed by atoms with Gasteiger partial charge in [0, 0.05) is 9.79 Å². The van der Waals surface area contributed by atoms with E-state index in [-0.39, 0.29) is 11.1 Å². The molecule has 0 fully saturated rings. The fraction of sp³-hybridized carbons (Fsp3) is 0.731. The number of quaternary nitrogens is 2. The molecule has 0 unspecified atom stereocenters. The van der Waals surface area contributed by atoms with Gasteiger partial charge in [-0.3, -0.25) is 0 Å². The Labute approximate surface area is 369 Å². The molecule has 2 aromatic carbocycles. The van der Waals surface area contributed by atoms with Gasteiger partial charge >= 0.3 is 11.9 Å². The smallest absolute Gasteiger partial charge is 0.335 e. The minimum Gasteiger partial charge on any atom is -0.478 e. The van der Waals surface area contributed by atoms with Crippen molar-refractivity contribution in [3.8, 4) is 0 Å². The van der Waals surface area contributed by atoms with Crippen LogP contribution in [0.15, 0.2) is 58.3 Å². The minimum atomic E-state index is -0.956. The average molecular weight is 843 g/mol. The highest BCUT2D eigenvalue weighted by Crippen LogP contribution is 2.28. The molecule has 0 saturated heterocycles. The lowest BCUT2D eigenvalue weighted by atomic mass is 10.0. The first-order valence-electron chi connectivity index (χ1n) is 24.1. The number of benzene rings is 2. The molecule has 0 amide bonds. The topological polar surface area (TPSA) is 74.6 Å². The summed E-state index contributed by atoms with van der Waals surface area (Å²) < 4.78 is 2.25. The van der Waals surface area contributed by atoms with Crippen molar-refractivity contribution in [2.24, 2.45) is 0 Å². The fourth-order valence-corrected chi connectivity index (χ4v) is 7.85. The number of carboxylic acid groups (broad SMARTS) is 2. The van der Waals surface area contributed by atoms with Crippen molar-refractivity contribution in [3.63, 3.8) is 0 Å². The second kappa shape index (κ2) is 37.4. The first-order valence-corrected chi connectivity index (χ1v) is 25.0. The summed E-state index contributed by atoms with van der Waals surface area (Å²) in [5.41, 5.74) is 0.483. The van der Waals surface area contributed by atoms with Gasteiger partial charge in [0.1, 0.15) is 0 Å². The molecule has 2 aromatic rings. The molecular weight excluding hydrogens is 749 g/mol. The van der Waals surface area contributed by atoms with Crippen molar-refractivity contribution in [2.45, 2.75) is 203 Å². The Hall–Kier alpha value is -2.35. The lowest BCUT2D eigenvalue weighted by Crippen LogP contribution is -2.35. The predicted octanol–water partition coefficient (Wildman–Crippen LogP) is 15.6. The van der Waals surface area contributed by atoms with Crippen LogP contribution in [0.4, 0.5) is 0 Å². The van der Waals surface area contributed by atoms with Gasteiger partial charge in [0.25, 0.3) is 0 Å². The van der Waals surface area contributed by atoms with Crippen LogP contribution in [-0.2, 0) is 0 Å². The molecule has 0 radical (unpaired) electrons. The van der Waals surface area contributed by atoms with Crippen molar-refractivity contribution >= 4 is 23.7 Å². The molecule has 0 bridgehead atoms. The average Bonchev–Trinajstić information content (AvgIpc) is 3.18. The largest absolute Gasteiger partial charge is 0.478 e. The number of carboxylic acids is 2. The summed E-state index contributed by atoms with van der Waals surface area (Å²) in [5, 5.41) is 17.6. The van der Waals surface area contributed by atoms with Gasteiger partial charge in [0.2, 0.25) is 0 Å². The highest BCUT2D eigenvalue weighted by molar-refractivity contribution is 7.99. The number of rotatable bonds is 34. The van der Waals surface area contributed by atoms with E-state index in [0.717, 1.165) is 18.8 Å². The van der Waals surface area contributed by atoms with Crippen molar-refractivity contribution in [2.75, 3.05) is 55.4 Å². The van der Waals surface area contributed by atoms with Crippen molar-refractivity contribution in [1.29, 1.82) is 0 Å². The third-order valence-corrected chi connectivity index (χ3v) is 11.8. The fourth-order valence-electron chi connectivity index (χ4n) is 7.03. The van der Waals surface area contributed by atoms with E-state index in [0.29, 0.717) is 0 Å². The van der Waals surface area contributed by atoms with Crippen LogP contribution in [0.5, 0.6) is 0 Å². The van der Waals surface area contributed by atoms with Gasteiger partial charge < -0.3 is 19.2 Å². The molecule has 0 spiro atoms. The van der Waals surface area contributed by atoms with Crippen LogP contribution < -0.4 is 0 Å². The molecule has 0 atom stereocenters. The molecule has 59 heavy (non-hydrogen) atoms. The van der Waals surface area contributed by atoms with E-state index in [2.05, 4.69) is 56.1 Å². The lowest BCUT2D eigenvalue weighted by Gasteiger charge is -2.23. The molecular formula is C52H94N2O4S+2. The summed E-state index contributed by atoms with van der Waals surface area (Å²) in [6.07, 6.45) is 40.7. The maximum Gasteiger partial charge on any atom is 0.335 e. The minimum absolute atomic E-state index is 0.241. The van der Waals surface area contributed by atoms with Crippen molar-refractivity contribution in [1.82, 2.24) is 0 Å². The van der Waals surface area contributed by atoms with Crippen molar-refractivity contribution in [3.05, 3.63) is 59.7 Å². The summed E-state index contributed by atoms with van der Waals surface area (Å²) in [7, 11) is 13.8. The zero-order valence-corrected chi connectivity index (χ0v) is 40.7. The summed E-state index contributed by atoms with van der Waals surface area (Å²) in [6.45, 7) is 7.25. The molecule has 2 N–H and O–H groups in total. The maximum absolute atomic E-state index is 10.7. The van der Waals surface area contributed by atoms with Crippen molar-refractivity contribution < 1.29 is 28.8 Å². The van der Waals surface area contributed by atoms with E-state index >= 15 is 0 Å². The van der Waals surface area contributed by atoms with Crippen LogP contribution in [0.1, 0.15) is 214 Å². The quantitative estimate of drug-likeness (QED) is 0.0542. The standard InChI is InChI=1S/2C19H42N.C14H10O4S/c2*1-5-6-7-8-9-10-11-12-13-14-15-16-17-18-19-20(2,3)4;15-13(16)9-1-5-11(6-2-9)19-12-7-3-10(4-8-12)14(17)18/h2*5-19H2,1-4H3;1-8H,(H,15,16)(H,17,18)/q2*+1;. The Bertz CT molecular complexity index is 1150. The monoisotopic (exact) mass is 843 g/mol. The molecule has 0 heterocycles. The number of nitrogens with zero attached hydrogens (tertiary/aromatic N) is 2. The first-order chi connectivity index (χ1) is 28.2. The highest BCUT2D eigenvalue weighted by atomic mass is 32.2. The Morgan fingerprint density at radius 3 is 0.763 bits per heavy atom. The van der Waals surface area contributed by atoms with Gasteiger partial charge in [0.05, 0.1) is 66.5 Å². The van der Waals surface area contributed by atoms with Gasteiger partial charge in [-0.1, -0.05) is 180 Å². The summed E-state index contributed by atoms with van der Waals surface area (Å²) in [5.74, 6) is -1.91. The molecule has 0 saturated carbocycles. The molecule has 0 aliphatic rings. The molecule has 0 aliphatic carbocycles. The highest BCUT2D eigenvalue weighted by Gasteiger charge is 2.07. The molecule has 0 aliphatic heterocycles. The van der Waals surface area contributed by atoms with E-state index in [1.165, 1.54) is 229 Å². The number of carbonyl (C=O) groups is 2. The first kappa shape index (κ1) is 56.6. The zero-order valence-electron chi connectivity index (χ0n) is 39.8. The third-order valence-electron chi connectivity index (χ3n) is 10.8. The number of unbranched alkanes of at least 4 members (excludes halogenated alkanes) is 26. The van der Waals surface area contributed by atoms with Gasteiger partial charge in [-0.25, -0.2) is 9.59 Å². The Morgan fingerprint density at radius 1 is 0.373 bits per heavy atom. The number of hydrogen-bond acceptors (Lipinski definition) is 3. The van der Waals surface area contributed by atoms with Gasteiger partial charge in [0.15, 0.2) is 0 Å². The van der Waals surface area contributed by atoms with Crippen LogP contribution in [0.3, 0.4) is 0 Å². The molecule has 340 valence electrons. The second-order valence-electron chi connectivity index (χ2n) is 19.0. The van der Waals surface area contributed by atoms with Crippen LogP contribution in [0.2, 0.25) is 0 Å². The zero-order chi connectivity index (χ0) is 44.0. The molecule has 0 aromatic heterocycles. The van der Waals surface area contributed by atoms with Gasteiger partial charge in [-0.15, -0.1) is 0 Å². The van der Waals surface area contributed by atoms with Crippen LogP contribution in [-0.4, -0.2) is 86.5 Å². The maximum atomic E-state index is 10.7. The summed E-state index contributed by atoms with van der Waals surface area (Å²) in [6, 6.07) is 13.0. The summed E-state index contributed by atoms with van der Waals surface area (Å²) >= 11 is 1.44. The molecule has 7 heteroatoms. The number of hydrogen-bond donors (Lipinski definition) is 2. The lowest BCUT2D eigenvalue weighted by molar-refractivity contribution is -0.870. The van der Waals surface area contributed by atoms with E-state index < -0.39 is 11.9 Å².